The quantitative estimate of drug-likeness (QED) is 0.649. The minimum atomic E-state index is -3.60. The zero-order valence-corrected chi connectivity index (χ0v) is 21.4. The van der Waals surface area contributed by atoms with E-state index in [2.05, 4.69) is 17.5 Å². The fourth-order valence-corrected chi connectivity index (χ4v) is 6.04. The first-order valence-electron chi connectivity index (χ1n) is 12.0. The topological polar surface area (TPSA) is 99.5 Å². The molecule has 1 saturated heterocycles. The Morgan fingerprint density at radius 2 is 2.03 bits per heavy atom. The number of carbonyl (C=O) groups excluding carboxylic acids is 1. The predicted octanol–water partition coefficient (Wildman–Crippen LogP) is 3.80. The van der Waals surface area contributed by atoms with Gasteiger partial charge >= 0.3 is 0 Å². The predicted molar refractivity (Wildman–Crippen MR) is 135 cm³/mol. The number of aryl methyl sites for hydroxylation is 1. The normalized spacial score (nSPS) is 18.4. The molecule has 5 rings (SSSR count). The highest BCUT2D eigenvalue weighted by atomic mass is 32.2. The van der Waals surface area contributed by atoms with Crippen molar-refractivity contribution in [1.29, 1.82) is 0 Å². The van der Waals surface area contributed by atoms with Gasteiger partial charge in [-0.25, -0.2) is 13.1 Å². The van der Waals surface area contributed by atoms with Crippen molar-refractivity contribution >= 4 is 21.4 Å². The molecular weight excluding hydrogens is 466 g/mol. The number of methoxy groups -OCH3 is 1. The molecule has 0 atom stereocenters. The lowest BCUT2D eigenvalue weighted by molar-refractivity contribution is -0.0594. The molecule has 1 aromatic carbocycles. The van der Waals surface area contributed by atoms with Crippen molar-refractivity contribution in [2.24, 2.45) is 0 Å². The van der Waals surface area contributed by atoms with Crippen molar-refractivity contribution in [2.45, 2.75) is 62.1 Å². The maximum atomic E-state index is 13.4. The summed E-state index contributed by atoms with van der Waals surface area (Å²) in [6, 6.07) is 3.53. The van der Waals surface area contributed by atoms with Crippen LogP contribution in [0.25, 0.3) is 17.0 Å². The minimum Gasteiger partial charge on any atom is -0.495 e. The summed E-state index contributed by atoms with van der Waals surface area (Å²) in [5.74, 6) is 0.109. The standard InChI is InChI=1S/C26H31N3O5S.H2/c1-16(2)35(31,32)22-13-20-17(12-21(22)33-4)10-11-19-23(25(30)27-26(3)14-34-15-26)28-29(24(19)20)18-8-6-5-7-9-18;/h6,8-9,12-13,16H,5,7,10-11,14-15H2,1-4H3,(H,27,30);1H. The molecule has 188 valence electrons. The lowest BCUT2D eigenvalue weighted by Crippen LogP contribution is -2.60. The Balaban J connectivity index is 0.00000304. The number of hydrogen-bond donors (Lipinski definition) is 1. The number of aromatic nitrogens is 2. The highest BCUT2D eigenvalue weighted by molar-refractivity contribution is 7.92. The molecule has 2 aromatic rings. The average molecular weight is 500 g/mol. The van der Waals surface area contributed by atoms with Gasteiger partial charge in [0.2, 0.25) is 0 Å². The van der Waals surface area contributed by atoms with Crippen molar-refractivity contribution in [3.8, 4) is 17.0 Å². The first-order chi connectivity index (χ1) is 16.6. The molecule has 3 aliphatic rings. The van der Waals surface area contributed by atoms with E-state index in [4.69, 9.17) is 14.6 Å². The number of nitrogens with one attached hydrogen (secondary N) is 1. The van der Waals surface area contributed by atoms with Crippen LogP contribution < -0.4 is 10.1 Å². The van der Waals surface area contributed by atoms with Crippen LogP contribution in [0.15, 0.2) is 35.3 Å². The molecule has 0 radical (unpaired) electrons. The number of hydrogen-bond acceptors (Lipinski definition) is 6. The van der Waals surface area contributed by atoms with Gasteiger partial charge in [-0.3, -0.25) is 4.79 Å². The summed E-state index contributed by atoms with van der Waals surface area (Å²) in [7, 11) is -2.11. The zero-order valence-electron chi connectivity index (χ0n) is 20.6. The fourth-order valence-electron chi connectivity index (χ4n) is 4.83. The molecule has 0 saturated carbocycles. The number of sulfone groups is 1. The Bertz CT molecular complexity index is 1370. The van der Waals surface area contributed by atoms with Gasteiger partial charge in [0, 0.05) is 12.6 Å². The second-order valence-corrected chi connectivity index (χ2v) is 12.4. The van der Waals surface area contributed by atoms with Gasteiger partial charge < -0.3 is 14.8 Å². The van der Waals surface area contributed by atoms with E-state index in [9.17, 15) is 13.2 Å². The fraction of sp³-hybridized carbons (Fsp3) is 0.462. The van der Waals surface area contributed by atoms with Crippen LogP contribution in [0, 0.1) is 0 Å². The molecule has 8 nitrogen and oxygen atoms in total. The Morgan fingerprint density at radius 1 is 1.26 bits per heavy atom. The van der Waals surface area contributed by atoms with Crippen LogP contribution >= 0.6 is 0 Å². The van der Waals surface area contributed by atoms with Crippen LogP contribution in [0.3, 0.4) is 0 Å². The van der Waals surface area contributed by atoms with Gasteiger partial charge in [0.15, 0.2) is 15.5 Å². The van der Waals surface area contributed by atoms with E-state index in [1.54, 1.807) is 24.6 Å². The van der Waals surface area contributed by atoms with Crippen LogP contribution in [0.4, 0.5) is 0 Å². The summed E-state index contributed by atoms with van der Waals surface area (Å²) in [5.41, 5.74) is 4.20. The van der Waals surface area contributed by atoms with Crippen LogP contribution in [0.1, 0.15) is 56.7 Å². The molecule has 1 aromatic heterocycles. The van der Waals surface area contributed by atoms with E-state index >= 15 is 0 Å². The Hall–Kier alpha value is -2.91. The van der Waals surface area contributed by atoms with E-state index in [1.165, 1.54) is 7.11 Å². The maximum Gasteiger partial charge on any atom is 0.272 e. The molecule has 0 unspecified atom stereocenters. The van der Waals surface area contributed by atoms with Crippen molar-refractivity contribution in [3.05, 3.63) is 47.2 Å². The number of allylic oxidation sites excluding steroid dienone is 4. The highest BCUT2D eigenvalue weighted by Gasteiger charge is 2.38. The minimum absolute atomic E-state index is 0. The van der Waals surface area contributed by atoms with Gasteiger partial charge in [-0.05, 0) is 70.2 Å². The Kier molecular flexibility index (Phi) is 5.88. The van der Waals surface area contributed by atoms with E-state index in [-0.39, 0.29) is 12.2 Å². The maximum absolute atomic E-state index is 13.4. The van der Waals surface area contributed by atoms with Crippen LogP contribution in [0.2, 0.25) is 0 Å². The number of carbonyl (C=O) groups is 1. The first kappa shape index (κ1) is 23.8. The first-order valence-corrected chi connectivity index (χ1v) is 13.5. The van der Waals surface area contributed by atoms with E-state index < -0.39 is 20.6 Å². The number of nitrogens with zero attached hydrogens (tertiary/aromatic N) is 2. The smallest absolute Gasteiger partial charge is 0.272 e. The lowest BCUT2D eigenvalue weighted by atomic mass is 9.88. The third-order valence-corrected chi connectivity index (χ3v) is 9.06. The zero-order chi connectivity index (χ0) is 25.0. The van der Waals surface area contributed by atoms with Gasteiger partial charge in [-0.15, -0.1) is 0 Å². The molecule has 1 aliphatic heterocycles. The molecule has 1 fully saturated rings. The van der Waals surface area contributed by atoms with E-state index in [1.807, 2.05) is 19.1 Å². The van der Waals surface area contributed by atoms with Crippen molar-refractivity contribution < 1.29 is 24.1 Å². The molecule has 9 heteroatoms. The van der Waals surface area contributed by atoms with Gasteiger partial charge in [0.25, 0.3) is 5.91 Å². The number of fused-ring (bicyclic) bond motifs is 3. The average Bonchev–Trinajstić information content (AvgIpc) is 3.23. The SMILES string of the molecule is COc1cc2c(cc1S(=O)(=O)C(C)C)-c1c(c(C(=O)NC3(C)COC3)nn1C1=CCCC=C1)CC2.[HH]. The number of ether oxygens (including phenoxy) is 2. The van der Waals surface area contributed by atoms with E-state index in [0.29, 0.717) is 37.5 Å². The van der Waals surface area contributed by atoms with Gasteiger partial charge in [-0.2, -0.15) is 5.10 Å². The second-order valence-electron chi connectivity index (χ2n) is 9.96. The summed E-state index contributed by atoms with van der Waals surface area (Å²) < 4.78 is 39.0. The van der Waals surface area contributed by atoms with Crippen LogP contribution in [0.5, 0.6) is 5.75 Å². The molecular formula is C26H33N3O5S. The summed E-state index contributed by atoms with van der Waals surface area (Å²) in [6.07, 6.45) is 9.28. The van der Waals surface area contributed by atoms with Gasteiger partial charge in [0.05, 0.1) is 42.5 Å². The largest absolute Gasteiger partial charge is 0.495 e. The van der Waals surface area contributed by atoms with Crippen LogP contribution in [-0.2, 0) is 27.4 Å². The summed E-state index contributed by atoms with van der Waals surface area (Å²) >= 11 is 0. The van der Waals surface area contributed by atoms with Crippen molar-refractivity contribution in [3.63, 3.8) is 0 Å². The van der Waals surface area contributed by atoms with Crippen molar-refractivity contribution in [2.75, 3.05) is 20.3 Å². The molecule has 0 bridgehead atoms. The summed E-state index contributed by atoms with van der Waals surface area (Å²) in [4.78, 5) is 13.5. The molecule has 35 heavy (non-hydrogen) atoms. The third kappa shape index (κ3) is 4.00. The summed E-state index contributed by atoms with van der Waals surface area (Å²) in [6.45, 7) is 6.21. The second kappa shape index (κ2) is 8.64. The lowest BCUT2D eigenvalue weighted by Gasteiger charge is -2.38. The number of rotatable bonds is 6. The summed E-state index contributed by atoms with van der Waals surface area (Å²) in [5, 5.41) is 7.27. The highest BCUT2D eigenvalue weighted by Crippen LogP contribution is 2.42. The molecule has 2 heterocycles. The molecule has 1 N–H and O–H groups in total. The number of benzene rings is 1. The van der Waals surface area contributed by atoms with E-state index in [0.717, 1.165) is 40.9 Å². The Morgan fingerprint density at radius 3 is 2.63 bits per heavy atom. The molecule has 2 aliphatic carbocycles. The number of amides is 1. The van der Waals surface area contributed by atoms with Crippen molar-refractivity contribution in [1.82, 2.24) is 15.1 Å². The Labute approximate surface area is 207 Å². The van der Waals surface area contributed by atoms with Gasteiger partial charge in [0.1, 0.15) is 10.6 Å². The van der Waals surface area contributed by atoms with Crippen LogP contribution in [-0.4, -0.2) is 55.2 Å². The third-order valence-electron chi connectivity index (χ3n) is 6.89. The monoisotopic (exact) mass is 499 g/mol. The van der Waals surface area contributed by atoms with Gasteiger partial charge in [-0.1, -0.05) is 12.2 Å². The molecule has 0 spiro atoms. The molecule has 1 amide bonds.